The Labute approximate surface area is 107 Å². The lowest BCUT2D eigenvalue weighted by atomic mass is 9.92. The third kappa shape index (κ3) is 2.80. The number of ether oxygens (including phenoxy) is 1. The maximum atomic E-state index is 11.6. The number of carbonyl (C=O) groups is 1. The molecule has 1 aliphatic carbocycles. The van der Waals surface area contributed by atoms with Gasteiger partial charge in [0.05, 0.1) is 6.07 Å². The summed E-state index contributed by atoms with van der Waals surface area (Å²) >= 11 is 0. The first-order valence-electron chi connectivity index (χ1n) is 6.12. The summed E-state index contributed by atoms with van der Waals surface area (Å²) in [5.41, 5.74) is 2.63. The Morgan fingerprint density at radius 3 is 2.83 bits per heavy atom. The molecule has 1 aromatic carbocycles. The quantitative estimate of drug-likeness (QED) is 0.751. The summed E-state index contributed by atoms with van der Waals surface area (Å²) in [5.74, 6) is 0.561. The number of nitrogens with zero attached hydrogens (tertiary/aromatic N) is 2. The summed E-state index contributed by atoms with van der Waals surface area (Å²) in [5, 5.41) is 8.51. The Balaban J connectivity index is 2.06. The molecule has 0 N–H and O–H groups in total. The molecule has 0 bridgehead atoms. The molecule has 0 fully saturated rings. The highest BCUT2D eigenvalue weighted by Crippen LogP contribution is 2.25. The van der Waals surface area contributed by atoms with Gasteiger partial charge >= 0.3 is 6.09 Å². The maximum Gasteiger partial charge on any atom is 0.415 e. The van der Waals surface area contributed by atoms with Crippen LogP contribution >= 0.6 is 0 Å². The van der Waals surface area contributed by atoms with E-state index in [9.17, 15) is 4.79 Å². The largest absolute Gasteiger partial charge is 0.415 e. The standard InChI is InChI=1S/C14H16N2O2/c1-16(9-8-15)14(17)18-13-7-6-11-4-2-3-5-12(11)10-13/h6-7,10H,2-5,9H2,1H3. The van der Waals surface area contributed by atoms with Gasteiger partial charge in [0.1, 0.15) is 12.3 Å². The monoisotopic (exact) mass is 244 g/mol. The van der Waals surface area contributed by atoms with Crippen molar-refractivity contribution in [1.29, 1.82) is 5.26 Å². The first-order valence-corrected chi connectivity index (χ1v) is 6.12. The van der Waals surface area contributed by atoms with E-state index in [0.29, 0.717) is 5.75 Å². The van der Waals surface area contributed by atoms with E-state index >= 15 is 0 Å². The van der Waals surface area contributed by atoms with Crippen LogP contribution in [0.3, 0.4) is 0 Å². The van der Waals surface area contributed by atoms with E-state index in [-0.39, 0.29) is 6.54 Å². The number of hydrogen-bond acceptors (Lipinski definition) is 3. The Bertz CT molecular complexity index is 491. The van der Waals surface area contributed by atoms with Gasteiger partial charge in [-0.3, -0.25) is 4.90 Å². The van der Waals surface area contributed by atoms with E-state index in [0.717, 1.165) is 12.8 Å². The Hall–Kier alpha value is -2.02. The number of nitriles is 1. The van der Waals surface area contributed by atoms with Gasteiger partial charge in [-0.2, -0.15) is 5.26 Å². The lowest BCUT2D eigenvalue weighted by Crippen LogP contribution is -2.29. The van der Waals surface area contributed by atoms with Gasteiger partial charge in [0.15, 0.2) is 0 Å². The highest BCUT2D eigenvalue weighted by Gasteiger charge is 2.13. The third-order valence-corrected chi connectivity index (χ3v) is 3.14. The molecule has 0 saturated carbocycles. The van der Waals surface area contributed by atoms with Crippen molar-refractivity contribution in [2.24, 2.45) is 0 Å². The second-order valence-corrected chi connectivity index (χ2v) is 4.52. The minimum absolute atomic E-state index is 0.0315. The first kappa shape index (κ1) is 12.4. The number of amides is 1. The third-order valence-electron chi connectivity index (χ3n) is 3.14. The molecule has 0 aromatic heterocycles. The molecule has 0 atom stereocenters. The zero-order chi connectivity index (χ0) is 13.0. The summed E-state index contributed by atoms with van der Waals surface area (Å²) in [4.78, 5) is 12.9. The molecular formula is C14H16N2O2. The highest BCUT2D eigenvalue weighted by molar-refractivity contribution is 5.70. The molecule has 0 heterocycles. The number of hydrogen-bond donors (Lipinski definition) is 0. The smallest absolute Gasteiger partial charge is 0.410 e. The summed E-state index contributed by atoms with van der Waals surface area (Å²) in [6.07, 6.45) is 4.09. The minimum Gasteiger partial charge on any atom is -0.410 e. The number of fused-ring (bicyclic) bond motifs is 1. The molecule has 1 aliphatic rings. The van der Waals surface area contributed by atoms with Crippen molar-refractivity contribution in [3.05, 3.63) is 29.3 Å². The Kier molecular flexibility index (Phi) is 3.83. The molecule has 18 heavy (non-hydrogen) atoms. The predicted octanol–water partition coefficient (Wildman–Crippen LogP) is 2.52. The van der Waals surface area contributed by atoms with Gasteiger partial charge in [-0.1, -0.05) is 6.07 Å². The van der Waals surface area contributed by atoms with Crippen LogP contribution < -0.4 is 4.74 Å². The number of rotatable bonds is 2. The predicted molar refractivity (Wildman–Crippen MR) is 67.4 cm³/mol. The summed E-state index contributed by atoms with van der Waals surface area (Å²) < 4.78 is 5.23. The molecule has 4 heteroatoms. The summed E-state index contributed by atoms with van der Waals surface area (Å²) in [6, 6.07) is 7.70. The molecule has 0 radical (unpaired) electrons. The molecular weight excluding hydrogens is 228 g/mol. The molecule has 0 saturated heterocycles. The van der Waals surface area contributed by atoms with Crippen LogP contribution in [0.15, 0.2) is 18.2 Å². The molecule has 1 aromatic rings. The zero-order valence-electron chi connectivity index (χ0n) is 10.5. The van der Waals surface area contributed by atoms with E-state index in [1.807, 2.05) is 24.3 Å². The van der Waals surface area contributed by atoms with Crippen LogP contribution in [-0.2, 0) is 12.8 Å². The maximum absolute atomic E-state index is 11.6. The lowest BCUT2D eigenvalue weighted by molar-refractivity contribution is 0.168. The Morgan fingerprint density at radius 2 is 2.11 bits per heavy atom. The number of aryl methyl sites for hydroxylation is 2. The molecule has 0 unspecified atom stereocenters. The van der Waals surface area contributed by atoms with Gasteiger partial charge in [-0.15, -0.1) is 0 Å². The molecule has 94 valence electrons. The first-order chi connectivity index (χ1) is 8.70. The molecule has 4 nitrogen and oxygen atoms in total. The van der Waals surface area contributed by atoms with Crippen LogP contribution in [0, 0.1) is 11.3 Å². The molecule has 0 aliphatic heterocycles. The number of carbonyl (C=O) groups excluding carboxylic acids is 1. The van der Waals surface area contributed by atoms with Gasteiger partial charge < -0.3 is 4.74 Å². The molecule has 1 amide bonds. The Morgan fingerprint density at radius 1 is 1.39 bits per heavy atom. The average Bonchev–Trinajstić information content (AvgIpc) is 2.39. The minimum atomic E-state index is -0.493. The average molecular weight is 244 g/mol. The van der Waals surface area contributed by atoms with Crippen molar-refractivity contribution in [2.75, 3.05) is 13.6 Å². The van der Waals surface area contributed by atoms with Crippen LogP contribution in [0.1, 0.15) is 24.0 Å². The van der Waals surface area contributed by atoms with Gasteiger partial charge in [0, 0.05) is 7.05 Å². The SMILES string of the molecule is CN(CC#N)C(=O)Oc1ccc2c(c1)CCCC2. The van der Waals surface area contributed by atoms with Crippen LogP contribution in [0.5, 0.6) is 5.75 Å². The fraction of sp³-hybridized carbons (Fsp3) is 0.429. The van der Waals surface area contributed by atoms with Crippen molar-refractivity contribution < 1.29 is 9.53 Å². The van der Waals surface area contributed by atoms with Crippen LogP contribution in [-0.4, -0.2) is 24.6 Å². The van der Waals surface area contributed by atoms with Gasteiger partial charge in [-0.05, 0) is 48.9 Å². The van der Waals surface area contributed by atoms with E-state index in [1.54, 1.807) is 7.05 Å². The zero-order valence-corrected chi connectivity index (χ0v) is 10.5. The fourth-order valence-corrected chi connectivity index (χ4v) is 2.12. The second-order valence-electron chi connectivity index (χ2n) is 4.52. The lowest BCUT2D eigenvalue weighted by Gasteiger charge is -2.17. The van der Waals surface area contributed by atoms with Gasteiger partial charge in [0.2, 0.25) is 0 Å². The van der Waals surface area contributed by atoms with Gasteiger partial charge in [0.25, 0.3) is 0 Å². The topological polar surface area (TPSA) is 53.3 Å². The summed E-state index contributed by atoms with van der Waals surface area (Å²) in [6.45, 7) is 0.0315. The van der Waals surface area contributed by atoms with E-state index in [4.69, 9.17) is 10.00 Å². The van der Waals surface area contributed by atoms with Crippen LogP contribution in [0.25, 0.3) is 0 Å². The van der Waals surface area contributed by atoms with E-state index < -0.39 is 6.09 Å². The fourth-order valence-electron chi connectivity index (χ4n) is 2.12. The highest BCUT2D eigenvalue weighted by atomic mass is 16.6. The van der Waals surface area contributed by atoms with Crippen molar-refractivity contribution in [2.45, 2.75) is 25.7 Å². The van der Waals surface area contributed by atoms with Crippen molar-refractivity contribution in [3.8, 4) is 11.8 Å². The van der Waals surface area contributed by atoms with Crippen molar-refractivity contribution >= 4 is 6.09 Å². The van der Waals surface area contributed by atoms with Crippen LogP contribution in [0.2, 0.25) is 0 Å². The van der Waals surface area contributed by atoms with Gasteiger partial charge in [-0.25, -0.2) is 4.79 Å². The normalized spacial score (nSPS) is 13.3. The van der Waals surface area contributed by atoms with E-state index in [1.165, 1.54) is 28.9 Å². The van der Waals surface area contributed by atoms with Crippen molar-refractivity contribution in [1.82, 2.24) is 4.90 Å². The number of benzene rings is 1. The van der Waals surface area contributed by atoms with Crippen molar-refractivity contribution in [3.63, 3.8) is 0 Å². The molecule has 0 spiro atoms. The van der Waals surface area contributed by atoms with E-state index in [2.05, 4.69) is 0 Å². The molecule has 2 rings (SSSR count). The van der Waals surface area contributed by atoms with Crippen LogP contribution in [0.4, 0.5) is 4.79 Å². The summed E-state index contributed by atoms with van der Waals surface area (Å²) in [7, 11) is 1.55. The second kappa shape index (κ2) is 5.54.